The van der Waals surface area contributed by atoms with E-state index in [9.17, 15) is 14.4 Å². The average molecular weight is 269 g/mol. The first-order valence-corrected chi connectivity index (χ1v) is 6.59. The lowest BCUT2D eigenvalue weighted by Crippen LogP contribution is -2.60. The number of rotatable bonds is 4. The maximum Gasteiger partial charge on any atom is 0.318 e. The monoisotopic (exact) mass is 269 g/mol. The summed E-state index contributed by atoms with van der Waals surface area (Å²) in [6, 6.07) is -1.07. The summed E-state index contributed by atoms with van der Waals surface area (Å²) in [5, 5.41) is 14.3. The van der Waals surface area contributed by atoms with Gasteiger partial charge in [0, 0.05) is 19.1 Å². The van der Waals surface area contributed by atoms with Gasteiger partial charge in [0.25, 0.3) is 0 Å². The fraction of sp³-hybridized carbons (Fsp3) is 0.750. The van der Waals surface area contributed by atoms with Crippen LogP contribution in [0.4, 0.5) is 4.79 Å². The topological polar surface area (TPSA) is 98.7 Å². The van der Waals surface area contributed by atoms with Gasteiger partial charge in [-0.1, -0.05) is 13.3 Å². The number of carbonyl (C=O) groups is 3. The van der Waals surface area contributed by atoms with E-state index < -0.39 is 17.9 Å². The molecule has 106 valence electrons. The Hall–Kier alpha value is -1.79. The van der Waals surface area contributed by atoms with Crippen molar-refractivity contribution in [2.75, 3.05) is 13.1 Å². The molecular weight excluding hydrogens is 250 g/mol. The molecule has 0 aromatic heterocycles. The molecule has 0 aromatic carbocycles. The van der Waals surface area contributed by atoms with Gasteiger partial charge >= 0.3 is 12.0 Å². The van der Waals surface area contributed by atoms with Crippen molar-refractivity contribution in [2.24, 2.45) is 5.92 Å². The molecule has 7 nitrogen and oxygen atoms in total. The fourth-order valence-corrected chi connectivity index (χ4v) is 2.44. The van der Waals surface area contributed by atoms with Crippen molar-refractivity contribution in [1.82, 2.24) is 15.5 Å². The second-order valence-corrected chi connectivity index (χ2v) is 5.06. The van der Waals surface area contributed by atoms with Crippen LogP contribution in [0.15, 0.2) is 0 Å². The van der Waals surface area contributed by atoms with Crippen molar-refractivity contribution in [3.8, 4) is 0 Å². The summed E-state index contributed by atoms with van der Waals surface area (Å²) in [7, 11) is 0. The van der Waals surface area contributed by atoms with Crippen LogP contribution in [-0.4, -0.2) is 53.1 Å². The van der Waals surface area contributed by atoms with Crippen LogP contribution < -0.4 is 10.6 Å². The van der Waals surface area contributed by atoms with Gasteiger partial charge < -0.3 is 20.6 Å². The molecule has 2 rings (SSSR count). The van der Waals surface area contributed by atoms with E-state index >= 15 is 0 Å². The van der Waals surface area contributed by atoms with Gasteiger partial charge in [-0.2, -0.15) is 0 Å². The van der Waals surface area contributed by atoms with Gasteiger partial charge in [0.1, 0.15) is 6.04 Å². The van der Waals surface area contributed by atoms with E-state index in [1.54, 1.807) is 0 Å². The van der Waals surface area contributed by atoms with Crippen LogP contribution in [0.1, 0.15) is 26.2 Å². The van der Waals surface area contributed by atoms with E-state index in [4.69, 9.17) is 5.11 Å². The van der Waals surface area contributed by atoms with E-state index in [0.29, 0.717) is 19.0 Å². The van der Waals surface area contributed by atoms with Crippen molar-refractivity contribution in [3.05, 3.63) is 0 Å². The highest BCUT2D eigenvalue weighted by atomic mass is 16.4. The number of hydrogen-bond acceptors (Lipinski definition) is 3. The summed E-state index contributed by atoms with van der Waals surface area (Å²) in [4.78, 5) is 35.9. The van der Waals surface area contributed by atoms with Crippen LogP contribution in [0.3, 0.4) is 0 Å². The minimum atomic E-state index is -1.09. The van der Waals surface area contributed by atoms with Gasteiger partial charge in [0.2, 0.25) is 5.91 Å². The lowest BCUT2D eigenvalue weighted by atomic mass is 10.1. The summed E-state index contributed by atoms with van der Waals surface area (Å²) >= 11 is 0. The van der Waals surface area contributed by atoms with Crippen LogP contribution in [0.5, 0.6) is 0 Å². The highest BCUT2D eigenvalue weighted by molar-refractivity contribution is 5.91. The van der Waals surface area contributed by atoms with E-state index in [1.165, 1.54) is 4.90 Å². The predicted molar refractivity (Wildman–Crippen MR) is 66.5 cm³/mol. The summed E-state index contributed by atoms with van der Waals surface area (Å²) in [5.41, 5.74) is 0. The first-order chi connectivity index (χ1) is 9.02. The van der Waals surface area contributed by atoms with Crippen molar-refractivity contribution >= 4 is 17.9 Å². The molecule has 1 aliphatic heterocycles. The number of aliphatic carboxylic acids is 1. The SMILES string of the molecule is CCC1CC1NC(=O)N1CCNC(=O)C1CC(=O)O. The zero-order chi connectivity index (χ0) is 14.0. The zero-order valence-electron chi connectivity index (χ0n) is 10.9. The Balaban J connectivity index is 1.96. The molecule has 0 radical (unpaired) electrons. The Labute approximate surface area is 111 Å². The first kappa shape index (κ1) is 13.6. The smallest absolute Gasteiger partial charge is 0.318 e. The third kappa shape index (κ3) is 3.15. The number of piperazine rings is 1. The number of carboxylic acid groups (broad SMARTS) is 1. The molecule has 0 spiro atoms. The number of hydrogen-bond donors (Lipinski definition) is 3. The Bertz CT molecular complexity index is 398. The van der Waals surface area contributed by atoms with Crippen LogP contribution in [-0.2, 0) is 9.59 Å². The standard InChI is InChI=1S/C12H19N3O4/c1-2-7-5-8(7)14-12(19)15-4-3-13-11(18)9(15)6-10(16)17/h7-9H,2-6H2,1H3,(H,13,18)(H,14,19)(H,16,17). The minimum absolute atomic E-state index is 0.174. The molecule has 0 bridgehead atoms. The molecule has 2 aliphatic rings. The number of urea groups is 1. The second kappa shape index (κ2) is 5.46. The lowest BCUT2D eigenvalue weighted by molar-refractivity contribution is -0.142. The summed E-state index contributed by atoms with van der Waals surface area (Å²) in [5.74, 6) is -0.968. The predicted octanol–water partition coefficient (Wildman–Crippen LogP) is -0.230. The molecule has 3 unspecified atom stereocenters. The molecule has 2 fully saturated rings. The first-order valence-electron chi connectivity index (χ1n) is 6.59. The number of carbonyl (C=O) groups excluding carboxylic acids is 2. The number of nitrogens with zero attached hydrogens (tertiary/aromatic N) is 1. The van der Waals surface area contributed by atoms with Crippen molar-refractivity contribution in [3.63, 3.8) is 0 Å². The van der Waals surface area contributed by atoms with E-state index in [-0.39, 0.29) is 18.5 Å². The number of nitrogens with one attached hydrogen (secondary N) is 2. The molecule has 1 saturated carbocycles. The molecule has 1 heterocycles. The van der Waals surface area contributed by atoms with Gasteiger partial charge in [-0.25, -0.2) is 4.79 Å². The summed E-state index contributed by atoms with van der Waals surface area (Å²) in [6.45, 7) is 2.78. The molecular formula is C12H19N3O4. The fourth-order valence-electron chi connectivity index (χ4n) is 2.44. The van der Waals surface area contributed by atoms with Gasteiger partial charge in [0.05, 0.1) is 6.42 Å². The molecule has 7 heteroatoms. The Kier molecular flexibility index (Phi) is 3.92. The Morgan fingerprint density at radius 1 is 1.53 bits per heavy atom. The Morgan fingerprint density at radius 3 is 2.84 bits per heavy atom. The van der Waals surface area contributed by atoms with Crippen LogP contribution in [0, 0.1) is 5.92 Å². The van der Waals surface area contributed by atoms with Gasteiger partial charge in [-0.05, 0) is 12.3 Å². The molecule has 3 amide bonds. The molecule has 3 N–H and O–H groups in total. The summed E-state index contributed by atoms with van der Waals surface area (Å²) in [6.07, 6.45) is 1.62. The molecule has 0 aromatic rings. The molecule has 1 saturated heterocycles. The summed E-state index contributed by atoms with van der Waals surface area (Å²) < 4.78 is 0. The largest absolute Gasteiger partial charge is 0.481 e. The van der Waals surface area contributed by atoms with Gasteiger partial charge in [-0.15, -0.1) is 0 Å². The highest BCUT2D eigenvalue weighted by Crippen LogP contribution is 2.33. The van der Waals surface area contributed by atoms with E-state index in [1.807, 2.05) is 0 Å². The lowest BCUT2D eigenvalue weighted by Gasteiger charge is -2.34. The average Bonchev–Trinajstić information content (AvgIpc) is 3.09. The zero-order valence-corrected chi connectivity index (χ0v) is 10.9. The number of amides is 3. The number of carboxylic acids is 1. The second-order valence-electron chi connectivity index (χ2n) is 5.06. The third-order valence-electron chi connectivity index (χ3n) is 3.72. The molecule has 1 aliphatic carbocycles. The van der Waals surface area contributed by atoms with Crippen molar-refractivity contribution < 1.29 is 19.5 Å². The van der Waals surface area contributed by atoms with Crippen LogP contribution >= 0.6 is 0 Å². The highest BCUT2D eigenvalue weighted by Gasteiger charge is 2.40. The van der Waals surface area contributed by atoms with Gasteiger partial charge in [0.15, 0.2) is 0 Å². The van der Waals surface area contributed by atoms with Crippen molar-refractivity contribution in [1.29, 1.82) is 0 Å². The van der Waals surface area contributed by atoms with Crippen LogP contribution in [0.25, 0.3) is 0 Å². The van der Waals surface area contributed by atoms with E-state index in [0.717, 1.165) is 12.8 Å². The third-order valence-corrected chi connectivity index (χ3v) is 3.72. The maximum absolute atomic E-state index is 12.1. The van der Waals surface area contributed by atoms with Crippen LogP contribution in [0.2, 0.25) is 0 Å². The van der Waals surface area contributed by atoms with Crippen molar-refractivity contribution in [2.45, 2.75) is 38.3 Å². The molecule has 19 heavy (non-hydrogen) atoms. The normalized spacial score (nSPS) is 29.6. The quantitative estimate of drug-likeness (QED) is 0.656. The Morgan fingerprint density at radius 2 is 2.26 bits per heavy atom. The van der Waals surface area contributed by atoms with Gasteiger partial charge in [-0.3, -0.25) is 9.59 Å². The van der Waals surface area contributed by atoms with E-state index in [2.05, 4.69) is 17.6 Å². The minimum Gasteiger partial charge on any atom is -0.481 e. The molecule has 3 atom stereocenters. The maximum atomic E-state index is 12.1.